The highest BCUT2D eigenvalue weighted by molar-refractivity contribution is 5.84. The molecule has 0 fully saturated rings. The van der Waals surface area contributed by atoms with Crippen LogP contribution in [0.1, 0.15) is 36.0 Å². The molecular weight excluding hydrogens is 450 g/mol. The van der Waals surface area contributed by atoms with Crippen LogP contribution in [0.25, 0.3) is 0 Å². The molecular formula is C30H33N3O3. The van der Waals surface area contributed by atoms with E-state index in [9.17, 15) is 0 Å². The second-order valence-electron chi connectivity index (χ2n) is 8.32. The van der Waals surface area contributed by atoms with E-state index in [1.165, 1.54) is 0 Å². The van der Waals surface area contributed by atoms with Gasteiger partial charge in [-0.05, 0) is 30.3 Å². The SMILES string of the molecule is C1=NCCCOc2ccccc2C=NCCCOc2ccccc2CN=CCCOc2ccccc21. The number of nitrogens with zero attached hydrogens (tertiary/aromatic N) is 3. The third-order valence-corrected chi connectivity index (χ3v) is 5.54. The molecule has 3 aromatic carbocycles. The Morgan fingerprint density at radius 3 is 1.72 bits per heavy atom. The molecule has 0 aromatic heterocycles. The summed E-state index contributed by atoms with van der Waals surface area (Å²) in [5.74, 6) is 2.53. The van der Waals surface area contributed by atoms with E-state index >= 15 is 0 Å². The number of hydrogen-bond acceptors (Lipinski definition) is 6. The van der Waals surface area contributed by atoms with Crippen molar-refractivity contribution < 1.29 is 14.2 Å². The van der Waals surface area contributed by atoms with Crippen LogP contribution in [-0.2, 0) is 6.54 Å². The van der Waals surface area contributed by atoms with Gasteiger partial charge in [0.15, 0.2) is 0 Å². The van der Waals surface area contributed by atoms with Crippen LogP contribution in [0.15, 0.2) is 87.8 Å². The summed E-state index contributed by atoms with van der Waals surface area (Å²) in [6.07, 6.45) is 8.04. The fraction of sp³-hybridized carbons (Fsp3) is 0.300. The lowest BCUT2D eigenvalue weighted by molar-refractivity contribution is 0.310. The minimum Gasteiger partial charge on any atom is -0.493 e. The van der Waals surface area contributed by atoms with Gasteiger partial charge in [-0.1, -0.05) is 42.5 Å². The van der Waals surface area contributed by atoms with E-state index in [1.54, 1.807) is 0 Å². The van der Waals surface area contributed by atoms with Crippen molar-refractivity contribution in [2.24, 2.45) is 15.0 Å². The Morgan fingerprint density at radius 2 is 1.06 bits per heavy atom. The van der Waals surface area contributed by atoms with Gasteiger partial charge in [0.2, 0.25) is 0 Å². The number of para-hydroxylation sites is 3. The molecule has 0 bridgehead atoms. The third kappa shape index (κ3) is 8.08. The Kier molecular flexibility index (Phi) is 10.1. The standard InChI is InChI=1S/C30H33N3O3/c1-4-13-28-25(10-1)22-31-16-7-20-35-29-14-5-2-12-27(29)24-33-18-9-21-36-30-15-6-3-11-26(30)23-32-17-8-19-34-28/h1-6,10-16,23-24H,7-9,17-22H2. The molecule has 186 valence electrons. The van der Waals surface area contributed by atoms with Crippen molar-refractivity contribution in [2.75, 3.05) is 32.9 Å². The van der Waals surface area contributed by atoms with Gasteiger partial charge in [0.1, 0.15) is 17.2 Å². The Hall–Kier alpha value is -3.93. The first-order valence-corrected chi connectivity index (χ1v) is 12.5. The minimum atomic E-state index is 0.556. The van der Waals surface area contributed by atoms with Crippen LogP contribution < -0.4 is 14.2 Å². The van der Waals surface area contributed by atoms with Gasteiger partial charge >= 0.3 is 0 Å². The molecule has 0 aliphatic carbocycles. The van der Waals surface area contributed by atoms with E-state index in [-0.39, 0.29) is 0 Å². The summed E-state index contributed by atoms with van der Waals surface area (Å²) in [7, 11) is 0. The first-order chi connectivity index (χ1) is 17.9. The van der Waals surface area contributed by atoms with Crippen LogP contribution in [0.2, 0.25) is 0 Å². The summed E-state index contributed by atoms with van der Waals surface area (Å²) >= 11 is 0. The molecule has 0 radical (unpaired) electrons. The highest BCUT2D eigenvalue weighted by Gasteiger charge is 2.04. The number of benzene rings is 3. The van der Waals surface area contributed by atoms with Crippen LogP contribution in [0.5, 0.6) is 17.2 Å². The van der Waals surface area contributed by atoms with E-state index < -0.39 is 0 Å². The van der Waals surface area contributed by atoms with E-state index in [4.69, 9.17) is 14.2 Å². The molecule has 1 aliphatic rings. The molecule has 0 amide bonds. The summed E-state index contributed by atoms with van der Waals surface area (Å²) in [6.45, 7) is 3.69. The summed E-state index contributed by atoms with van der Waals surface area (Å²) in [4.78, 5) is 13.7. The van der Waals surface area contributed by atoms with Crippen LogP contribution in [-0.4, -0.2) is 51.6 Å². The maximum atomic E-state index is 6.02. The molecule has 6 nitrogen and oxygen atoms in total. The fourth-order valence-electron chi connectivity index (χ4n) is 3.69. The average Bonchev–Trinajstić information content (AvgIpc) is 2.91. The van der Waals surface area contributed by atoms with Gasteiger partial charge in [0, 0.05) is 67.7 Å². The average molecular weight is 484 g/mol. The highest BCUT2D eigenvalue weighted by atomic mass is 16.5. The predicted molar refractivity (Wildman–Crippen MR) is 147 cm³/mol. The largest absolute Gasteiger partial charge is 0.493 e. The molecule has 0 unspecified atom stereocenters. The number of ether oxygens (including phenoxy) is 3. The normalized spacial score (nSPS) is 15.7. The van der Waals surface area contributed by atoms with Crippen LogP contribution in [0, 0.1) is 0 Å². The smallest absolute Gasteiger partial charge is 0.128 e. The Balaban J connectivity index is 1.44. The van der Waals surface area contributed by atoms with Crippen molar-refractivity contribution in [3.05, 3.63) is 89.5 Å². The molecule has 0 spiro atoms. The molecule has 6 heteroatoms. The van der Waals surface area contributed by atoms with Gasteiger partial charge in [0.25, 0.3) is 0 Å². The number of hydrogen-bond donors (Lipinski definition) is 0. The first kappa shape index (κ1) is 25.2. The zero-order chi connectivity index (χ0) is 24.7. The van der Waals surface area contributed by atoms with Crippen molar-refractivity contribution >= 4 is 18.6 Å². The Labute approximate surface area is 213 Å². The lowest BCUT2D eigenvalue weighted by atomic mass is 10.2. The number of rotatable bonds is 0. The van der Waals surface area contributed by atoms with Gasteiger partial charge < -0.3 is 14.2 Å². The second kappa shape index (κ2) is 14.5. The molecule has 0 N–H and O–H groups in total. The highest BCUT2D eigenvalue weighted by Crippen LogP contribution is 2.20. The molecule has 3 aromatic rings. The minimum absolute atomic E-state index is 0.556. The Morgan fingerprint density at radius 1 is 0.528 bits per heavy atom. The summed E-state index contributed by atoms with van der Waals surface area (Å²) in [5, 5.41) is 0. The van der Waals surface area contributed by atoms with E-state index in [0.29, 0.717) is 39.5 Å². The van der Waals surface area contributed by atoms with E-state index in [1.807, 2.05) is 85.4 Å². The predicted octanol–water partition coefficient (Wildman–Crippen LogP) is 5.82. The Bertz CT molecular complexity index is 1170. The van der Waals surface area contributed by atoms with Gasteiger partial charge in [-0.25, -0.2) is 0 Å². The first-order valence-electron chi connectivity index (χ1n) is 12.5. The summed E-state index contributed by atoms with van der Waals surface area (Å²) < 4.78 is 18.0. The van der Waals surface area contributed by atoms with Crippen molar-refractivity contribution in [2.45, 2.75) is 25.8 Å². The molecule has 0 saturated carbocycles. The van der Waals surface area contributed by atoms with Crippen molar-refractivity contribution in [1.82, 2.24) is 0 Å². The molecule has 0 atom stereocenters. The van der Waals surface area contributed by atoms with Crippen LogP contribution in [0.4, 0.5) is 0 Å². The van der Waals surface area contributed by atoms with Gasteiger partial charge in [-0.2, -0.15) is 0 Å². The molecule has 1 heterocycles. The lowest BCUT2D eigenvalue weighted by Crippen LogP contribution is -2.04. The van der Waals surface area contributed by atoms with Crippen LogP contribution >= 0.6 is 0 Å². The van der Waals surface area contributed by atoms with Gasteiger partial charge in [0.05, 0.1) is 26.4 Å². The zero-order valence-corrected chi connectivity index (χ0v) is 20.6. The monoisotopic (exact) mass is 483 g/mol. The topological polar surface area (TPSA) is 64.8 Å². The number of fused-ring (bicyclic) bond motifs is 3. The van der Waals surface area contributed by atoms with Crippen molar-refractivity contribution in [1.29, 1.82) is 0 Å². The quantitative estimate of drug-likeness (QED) is 0.405. The van der Waals surface area contributed by atoms with Crippen LogP contribution in [0.3, 0.4) is 0 Å². The lowest BCUT2D eigenvalue weighted by Gasteiger charge is -2.10. The molecule has 4 rings (SSSR count). The summed E-state index contributed by atoms with van der Waals surface area (Å²) in [5.41, 5.74) is 3.02. The van der Waals surface area contributed by atoms with Gasteiger partial charge in [-0.15, -0.1) is 0 Å². The number of aliphatic imine (C=N–C) groups is 3. The van der Waals surface area contributed by atoms with Crippen molar-refractivity contribution in [3.63, 3.8) is 0 Å². The summed E-state index contributed by atoms with van der Waals surface area (Å²) in [6, 6.07) is 24.0. The maximum absolute atomic E-state index is 6.02. The fourth-order valence-corrected chi connectivity index (χ4v) is 3.69. The van der Waals surface area contributed by atoms with E-state index in [0.717, 1.165) is 53.2 Å². The third-order valence-electron chi connectivity index (χ3n) is 5.54. The second-order valence-corrected chi connectivity index (χ2v) is 8.32. The zero-order valence-electron chi connectivity index (χ0n) is 20.6. The molecule has 0 saturated heterocycles. The van der Waals surface area contributed by atoms with Gasteiger partial charge in [-0.3, -0.25) is 15.0 Å². The maximum Gasteiger partial charge on any atom is 0.128 e. The van der Waals surface area contributed by atoms with Crippen molar-refractivity contribution in [3.8, 4) is 17.2 Å². The molecule has 1 aliphatic heterocycles. The molecule has 36 heavy (non-hydrogen) atoms. The van der Waals surface area contributed by atoms with E-state index in [2.05, 4.69) is 21.0 Å².